The molecule has 0 unspecified atom stereocenters. The minimum absolute atomic E-state index is 0.0205. The van der Waals surface area contributed by atoms with Crippen molar-refractivity contribution in [3.63, 3.8) is 0 Å². The summed E-state index contributed by atoms with van der Waals surface area (Å²) in [5.41, 5.74) is -1.04. The molecule has 0 aliphatic heterocycles. The van der Waals surface area contributed by atoms with E-state index >= 15 is 0 Å². The minimum Gasteiger partial charge on any atom is -0.436 e. The molecule has 2 aromatic rings. The highest BCUT2D eigenvalue weighted by Crippen LogP contribution is 2.29. The van der Waals surface area contributed by atoms with Crippen molar-refractivity contribution in [1.29, 1.82) is 0 Å². The molecule has 0 atom stereocenters. The number of hydrogen-bond acceptors (Lipinski definition) is 3. The number of aromatic nitrogens is 2. The number of para-hydroxylation sites is 1. The number of benzene rings is 1. The van der Waals surface area contributed by atoms with Crippen molar-refractivity contribution < 1.29 is 17.9 Å². The Morgan fingerprint density at radius 3 is 2.28 bits per heavy atom. The Labute approximate surface area is 114 Å². The zero-order valence-electron chi connectivity index (χ0n) is 8.78. The van der Waals surface area contributed by atoms with E-state index in [2.05, 4.69) is 32.8 Å². The van der Waals surface area contributed by atoms with Gasteiger partial charge in [-0.1, -0.05) is 12.1 Å². The summed E-state index contributed by atoms with van der Waals surface area (Å²) in [4.78, 5) is 0. The third kappa shape index (κ3) is 3.09. The Bertz CT molecular complexity index is 543. The van der Waals surface area contributed by atoms with Crippen molar-refractivity contribution in [2.24, 2.45) is 0 Å². The van der Waals surface area contributed by atoms with Crippen LogP contribution in [0.25, 0.3) is 0 Å². The quantitative estimate of drug-likeness (QED) is 0.757. The summed E-state index contributed by atoms with van der Waals surface area (Å²) < 4.78 is 43.0. The van der Waals surface area contributed by atoms with E-state index < -0.39 is 11.9 Å². The molecule has 0 aliphatic carbocycles. The molecule has 0 aliphatic rings. The SMILES string of the molecule is FC(F)(F)c1ccc(Oc2ccccc2I)nn1. The van der Waals surface area contributed by atoms with Gasteiger partial charge in [-0.15, -0.1) is 10.2 Å². The lowest BCUT2D eigenvalue weighted by Crippen LogP contribution is -2.08. The molecule has 2 rings (SSSR count). The van der Waals surface area contributed by atoms with Crippen molar-refractivity contribution in [1.82, 2.24) is 10.2 Å². The molecule has 18 heavy (non-hydrogen) atoms. The zero-order valence-corrected chi connectivity index (χ0v) is 10.9. The number of ether oxygens (including phenoxy) is 1. The Morgan fingerprint density at radius 1 is 1.00 bits per heavy atom. The summed E-state index contributed by atoms with van der Waals surface area (Å²) in [6.07, 6.45) is -4.49. The second kappa shape index (κ2) is 5.09. The van der Waals surface area contributed by atoms with Crippen LogP contribution in [0.15, 0.2) is 36.4 Å². The third-order valence-electron chi connectivity index (χ3n) is 1.98. The van der Waals surface area contributed by atoms with Gasteiger partial charge in [-0.25, -0.2) is 0 Å². The van der Waals surface area contributed by atoms with E-state index in [-0.39, 0.29) is 5.88 Å². The number of nitrogens with zero attached hydrogens (tertiary/aromatic N) is 2. The zero-order chi connectivity index (χ0) is 13.2. The molecule has 0 saturated heterocycles. The van der Waals surface area contributed by atoms with Gasteiger partial charge in [0.25, 0.3) is 0 Å². The molecule has 94 valence electrons. The lowest BCUT2D eigenvalue weighted by atomic mass is 10.3. The monoisotopic (exact) mass is 366 g/mol. The number of rotatable bonds is 2. The first kappa shape index (κ1) is 13.1. The lowest BCUT2D eigenvalue weighted by Gasteiger charge is -2.07. The molecule has 0 saturated carbocycles. The largest absolute Gasteiger partial charge is 0.436 e. The van der Waals surface area contributed by atoms with Crippen LogP contribution in [-0.4, -0.2) is 10.2 Å². The van der Waals surface area contributed by atoms with Crippen LogP contribution in [0, 0.1) is 3.57 Å². The molecule has 0 amide bonds. The van der Waals surface area contributed by atoms with Crippen LogP contribution in [0.3, 0.4) is 0 Å². The fourth-order valence-electron chi connectivity index (χ4n) is 1.17. The number of alkyl halides is 3. The highest BCUT2D eigenvalue weighted by atomic mass is 127. The van der Waals surface area contributed by atoms with Crippen molar-refractivity contribution in [2.45, 2.75) is 6.18 Å². The number of halogens is 4. The highest BCUT2D eigenvalue weighted by molar-refractivity contribution is 14.1. The molecule has 1 aromatic heterocycles. The fourth-order valence-corrected chi connectivity index (χ4v) is 1.66. The van der Waals surface area contributed by atoms with Gasteiger partial charge < -0.3 is 4.74 Å². The van der Waals surface area contributed by atoms with Gasteiger partial charge in [0, 0.05) is 6.07 Å². The summed E-state index contributed by atoms with van der Waals surface area (Å²) in [5.74, 6) is 0.541. The lowest BCUT2D eigenvalue weighted by molar-refractivity contribution is -0.141. The van der Waals surface area contributed by atoms with Crippen molar-refractivity contribution in [3.8, 4) is 11.6 Å². The van der Waals surface area contributed by atoms with Crippen LogP contribution in [0.1, 0.15) is 5.69 Å². The van der Waals surface area contributed by atoms with Gasteiger partial charge in [0.1, 0.15) is 5.75 Å². The average Bonchev–Trinajstić information content (AvgIpc) is 2.32. The molecule has 0 fully saturated rings. The molecular weight excluding hydrogens is 360 g/mol. The van der Waals surface area contributed by atoms with Gasteiger partial charge in [-0.3, -0.25) is 0 Å². The van der Waals surface area contributed by atoms with Crippen LogP contribution in [0.5, 0.6) is 11.6 Å². The average molecular weight is 366 g/mol. The normalized spacial score (nSPS) is 11.3. The standard InChI is InChI=1S/C11H6F3IN2O/c12-11(13,14)9-5-6-10(17-16-9)18-8-4-2-1-3-7(8)15/h1-6H. The minimum atomic E-state index is -4.49. The molecule has 0 spiro atoms. The summed E-state index contributed by atoms with van der Waals surface area (Å²) in [5, 5.41) is 6.46. The molecule has 0 radical (unpaired) electrons. The van der Waals surface area contributed by atoms with Crippen molar-refractivity contribution in [3.05, 3.63) is 45.7 Å². The Kier molecular flexibility index (Phi) is 3.69. The molecule has 1 aromatic carbocycles. The van der Waals surface area contributed by atoms with E-state index in [1.54, 1.807) is 12.1 Å². The Morgan fingerprint density at radius 2 is 1.72 bits per heavy atom. The smallest absolute Gasteiger partial charge is 0.435 e. The van der Waals surface area contributed by atoms with Crippen molar-refractivity contribution >= 4 is 22.6 Å². The number of hydrogen-bond donors (Lipinski definition) is 0. The van der Waals surface area contributed by atoms with E-state index in [0.29, 0.717) is 5.75 Å². The van der Waals surface area contributed by atoms with Crippen LogP contribution < -0.4 is 4.74 Å². The van der Waals surface area contributed by atoms with Gasteiger partial charge in [-0.2, -0.15) is 13.2 Å². The van der Waals surface area contributed by atoms with Crippen molar-refractivity contribution in [2.75, 3.05) is 0 Å². The second-order valence-corrected chi connectivity index (χ2v) is 4.45. The van der Waals surface area contributed by atoms with Crippen LogP contribution >= 0.6 is 22.6 Å². The molecule has 7 heteroatoms. The second-order valence-electron chi connectivity index (χ2n) is 3.29. The van der Waals surface area contributed by atoms with Crippen LogP contribution in [0.4, 0.5) is 13.2 Å². The van der Waals surface area contributed by atoms with E-state index in [0.717, 1.165) is 15.7 Å². The fraction of sp³-hybridized carbons (Fsp3) is 0.0909. The summed E-state index contributed by atoms with van der Waals surface area (Å²) in [6, 6.07) is 9.06. The maximum atomic E-state index is 12.3. The van der Waals surface area contributed by atoms with Gasteiger partial charge in [-0.05, 0) is 40.8 Å². The summed E-state index contributed by atoms with van der Waals surface area (Å²) >= 11 is 2.05. The first-order valence-electron chi connectivity index (χ1n) is 4.80. The molecular formula is C11H6F3IN2O. The third-order valence-corrected chi connectivity index (χ3v) is 2.87. The van der Waals surface area contributed by atoms with Crippen LogP contribution in [-0.2, 0) is 6.18 Å². The highest BCUT2D eigenvalue weighted by Gasteiger charge is 2.32. The first-order chi connectivity index (χ1) is 8.47. The van der Waals surface area contributed by atoms with Crippen LogP contribution in [0.2, 0.25) is 0 Å². The van der Waals surface area contributed by atoms with E-state index in [4.69, 9.17) is 4.74 Å². The first-order valence-corrected chi connectivity index (χ1v) is 5.88. The molecule has 3 nitrogen and oxygen atoms in total. The predicted molar refractivity (Wildman–Crippen MR) is 66.3 cm³/mol. The molecule has 0 bridgehead atoms. The van der Waals surface area contributed by atoms with E-state index in [9.17, 15) is 13.2 Å². The van der Waals surface area contributed by atoms with Gasteiger partial charge >= 0.3 is 6.18 Å². The van der Waals surface area contributed by atoms with E-state index in [1.807, 2.05) is 12.1 Å². The molecule has 0 N–H and O–H groups in total. The maximum absolute atomic E-state index is 12.3. The summed E-state index contributed by atoms with van der Waals surface area (Å²) in [7, 11) is 0. The Balaban J connectivity index is 2.19. The topological polar surface area (TPSA) is 35.0 Å². The maximum Gasteiger partial charge on any atom is 0.435 e. The summed E-state index contributed by atoms with van der Waals surface area (Å²) in [6.45, 7) is 0. The predicted octanol–water partition coefficient (Wildman–Crippen LogP) is 3.89. The molecule has 1 heterocycles. The van der Waals surface area contributed by atoms with Gasteiger partial charge in [0.15, 0.2) is 5.69 Å². The van der Waals surface area contributed by atoms with E-state index in [1.165, 1.54) is 0 Å². The Hall–Kier alpha value is -1.38. The van der Waals surface area contributed by atoms with Gasteiger partial charge in [0.05, 0.1) is 3.57 Å². The van der Waals surface area contributed by atoms with Gasteiger partial charge in [0.2, 0.25) is 5.88 Å².